The maximum atomic E-state index is 9.10. The lowest BCUT2D eigenvalue weighted by molar-refractivity contribution is -0.159. The van der Waals surface area contributed by atoms with Gasteiger partial charge in [0.05, 0.1) is 12.7 Å². The van der Waals surface area contributed by atoms with Gasteiger partial charge in [0.15, 0.2) is 0 Å². The summed E-state index contributed by atoms with van der Waals surface area (Å²) in [6, 6.07) is 0. The molecule has 6 nitrogen and oxygen atoms in total. The molecule has 6 heteroatoms. The van der Waals surface area contributed by atoms with Crippen LogP contribution < -0.4 is 0 Å². The Morgan fingerprint density at radius 1 is 1.21 bits per heavy atom. The molecular weight excluding hydrogens is 192 g/mol. The average molecular weight is 208 g/mol. The summed E-state index contributed by atoms with van der Waals surface area (Å²) >= 11 is 0. The third kappa shape index (κ3) is 13.4. The number of hydrogen-bond acceptors (Lipinski definition) is 4. The first-order valence-corrected chi connectivity index (χ1v) is 4.20. The fourth-order valence-corrected chi connectivity index (χ4v) is 0.531. The Labute approximate surface area is 81.8 Å². The van der Waals surface area contributed by atoms with Crippen LogP contribution in [0.25, 0.3) is 0 Å². The molecule has 0 bridgehead atoms. The van der Waals surface area contributed by atoms with Crippen molar-refractivity contribution in [3.8, 4) is 0 Å². The molecule has 84 valence electrons. The minimum atomic E-state index is -1.82. The van der Waals surface area contributed by atoms with Crippen LogP contribution in [0.4, 0.5) is 0 Å². The molecule has 0 fully saturated rings. The number of rotatable bonds is 4. The number of unbranched alkanes of at least 4 members (excludes halogenated alkanes) is 1. The van der Waals surface area contributed by atoms with Crippen LogP contribution in [0, 0.1) is 0 Å². The number of aliphatic carboxylic acids is 2. The van der Waals surface area contributed by atoms with Gasteiger partial charge in [-0.2, -0.15) is 0 Å². The van der Waals surface area contributed by atoms with Crippen LogP contribution in [-0.4, -0.2) is 45.1 Å². The van der Waals surface area contributed by atoms with Crippen molar-refractivity contribution >= 4 is 11.9 Å². The monoisotopic (exact) mass is 208 g/mol. The van der Waals surface area contributed by atoms with E-state index in [1.54, 1.807) is 0 Å². The molecule has 0 aromatic carbocycles. The van der Waals surface area contributed by atoms with Crippen LogP contribution in [0.1, 0.15) is 26.2 Å². The second kappa shape index (κ2) is 9.94. The topological polar surface area (TPSA) is 115 Å². The molecule has 14 heavy (non-hydrogen) atoms. The zero-order valence-electron chi connectivity index (χ0n) is 8.01. The summed E-state index contributed by atoms with van der Waals surface area (Å²) in [4.78, 5) is 18.2. The summed E-state index contributed by atoms with van der Waals surface area (Å²) in [5.74, 6) is -3.65. The average Bonchev–Trinajstić information content (AvgIpc) is 2.14. The smallest absolute Gasteiger partial charge is 0.414 e. The molecular formula is C8H16O6. The third-order valence-electron chi connectivity index (χ3n) is 1.28. The lowest BCUT2D eigenvalue weighted by atomic mass is 10.2. The molecule has 1 atom stereocenters. The number of aliphatic hydroxyl groups excluding tert-OH is 2. The lowest BCUT2D eigenvalue weighted by Gasteiger charge is -2.02. The number of aliphatic hydroxyl groups is 2. The van der Waals surface area contributed by atoms with Crippen LogP contribution in [0.15, 0.2) is 0 Å². The fraction of sp³-hybridized carbons (Fsp3) is 0.750. The lowest BCUT2D eigenvalue weighted by Crippen LogP contribution is -2.10. The molecule has 0 aromatic heterocycles. The molecule has 1 unspecified atom stereocenters. The molecule has 0 rings (SSSR count). The van der Waals surface area contributed by atoms with Crippen molar-refractivity contribution in [2.75, 3.05) is 6.61 Å². The largest absolute Gasteiger partial charge is 0.473 e. The van der Waals surface area contributed by atoms with Crippen LogP contribution in [0.2, 0.25) is 0 Å². The Hall–Kier alpha value is -1.14. The van der Waals surface area contributed by atoms with Gasteiger partial charge in [0, 0.05) is 0 Å². The number of carboxylic acids is 2. The van der Waals surface area contributed by atoms with E-state index in [-0.39, 0.29) is 6.61 Å². The minimum absolute atomic E-state index is 0.0972. The Kier molecular flexibility index (Phi) is 10.9. The predicted octanol–water partition coefficient (Wildman–Crippen LogP) is -0.315. The molecule has 0 aliphatic rings. The molecule has 0 aliphatic heterocycles. The van der Waals surface area contributed by atoms with E-state index in [1.807, 2.05) is 0 Å². The summed E-state index contributed by atoms with van der Waals surface area (Å²) in [6.45, 7) is 1.96. The normalized spacial score (nSPS) is 11.1. The summed E-state index contributed by atoms with van der Waals surface area (Å²) < 4.78 is 0. The number of carboxylic acid groups (broad SMARTS) is 2. The van der Waals surface area contributed by atoms with Gasteiger partial charge in [-0.1, -0.05) is 19.8 Å². The molecule has 0 amide bonds. The predicted molar refractivity (Wildman–Crippen MR) is 47.9 cm³/mol. The van der Waals surface area contributed by atoms with Gasteiger partial charge in [0.1, 0.15) is 0 Å². The molecule has 0 radical (unpaired) electrons. The van der Waals surface area contributed by atoms with Gasteiger partial charge in [0.25, 0.3) is 0 Å². The SMILES string of the molecule is CCCCC(O)CO.O=C(O)C(=O)O. The highest BCUT2D eigenvalue weighted by Crippen LogP contribution is 1.97. The standard InChI is InChI=1S/C6H14O2.C2H2O4/c1-2-3-4-6(8)5-7;3-1(4)2(5)6/h6-8H,2-5H2,1H3;(H,3,4)(H,5,6). The molecule has 0 aromatic rings. The highest BCUT2D eigenvalue weighted by atomic mass is 16.4. The fourth-order valence-electron chi connectivity index (χ4n) is 0.531. The van der Waals surface area contributed by atoms with Gasteiger partial charge in [0.2, 0.25) is 0 Å². The van der Waals surface area contributed by atoms with Crippen molar-refractivity contribution in [1.82, 2.24) is 0 Å². The summed E-state index contributed by atoms with van der Waals surface area (Å²) in [5.41, 5.74) is 0. The van der Waals surface area contributed by atoms with E-state index in [0.29, 0.717) is 0 Å². The van der Waals surface area contributed by atoms with E-state index in [0.717, 1.165) is 19.3 Å². The molecule has 0 saturated heterocycles. The van der Waals surface area contributed by atoms with E-state index in [4.69, 9.17) is 30.0 Å². The first-order chi connectivity index (χ1) is 6.45. The Morgan fingerprint density at radius 2 is 1.64 bits per heavy atom. The summed E-state index contributed by atoms with van der Waals surface area (Å²) in [6.07, 6.45) is 2.32. The number of hydrogen-bond donors (Lipinski definition) is 4. The molecule has 0 heterocycles. The van der Waals surface area contributed by atoms with Crippen molar-refractivity contribution < 1.29 is 30.0 Å². The third-order valence-corrected chi connectivity index (χ3v) is 1.28. The van der Waals surface area contributed by atoms with E-state index in [2.05, 4.69) is 6.92 Å². The van der Waals surface area contributed by atoms with Crippen molar-refractivity contribution in [1.29, 1.82) is 0 Å². The zero-order chi connectivity index (χ0) is 11.6. The Balaban J connectivity index is 0. The van der Waals surface area contributed by atoms with Crippen LogP contribution in [0.5, 0.6) is 0 Å². The van der Waals surface area contributed by atoms with E-state index < -0.39 is 18.0 Å². The summed E-state index contributed by atoms with van der Waals surface area (Å²) in [5, 5.41) is 31.8. The maximum Gasteiger partial charge on any atom is 0.414 e. The molecule has 0 saturated carbocycles. The summed E-state index contributed by atoms with van der Waals surface area (Å²) in [7, 11) is 0. The van der Waals surface area contributed by atoms with Gasteiger partial charge in [-0.3, -0.25) is 0 Å². The second-order valence-electron chi connectivity index (χ2n) is 2.59. The van der Waals surface area contributed by atoms with Crippen molar-refractivity contribution in [3.05, 3.63) is 0 Å². The van der Waals surface area contributed by atoms with Gasteiger partial charge < -0.3 is 20.4 Å². The van der Waals surface area contributed by atoms with Crippen LogP contribution in [0.3, 0.4) is 0 Å². The van der Waals surface area contributed by atoms with Gasteiger partial charge in [-0.25, -0.2) is 9.59 Å². The van der Waals surface area contributed by atoms with Gasteiger partial charge in [-0.15, -0.1) is 0 Å². The maximum absolute atomic E-state index is 9.10. The molecule has 0 spiro atoms. The Morgan fingerprint density at radius 3 is 1.86 bits per heavy atom. The van der Waals surface area contributed by atoms with E-state index in [1.165, 1.54) is 0 Å². The second-order valence-corrected chi connectivity index (χ2v) is 2.59. The Bertz CT molecular complexity index is 155. The van der Waals surface area contributed by atoms with E-state index in [9.17, 15) is 0 Å². The highest BCUT2D eigenvalue weighted by Gasteiger charge is 2.04. The van der Waals surface area contributed by atoms with Crippen LogP contribution in [-0.2, 0) is 9.59 Å². The van der Waals surface area contributed by atoms with Gasteiger partial charge in [-0.05, 0) is 6.42 Å². The molecule has 4 N–H and O–H groups in total. The van der Waals surface area contributed by atoms with Crippen molar-refractivity contribution in [3.63, 3.8) is 0 Å². The first-order valence-electron chi connectivity index (χ1n) is 4.20. The zero-order valence-corrected chi connectivity index (χ0v) is 8.01. The van der Waals surface area contributed by atoms with Gasteiger partial charge >= 0.3 is 11.9 Å². The number of carbonyl (C=O) groups is 2. The first kappa shape index (κ1) is 15.3. The highest BCUT2D eigenvalue weighted by molar-refractivity contribution is 6.27. The van der Waals surface area contributed by atoms with E-state index >= 15 is 0 Å². The minimum Gasteiger partial charge on any atom is -0.473 e. The van der Waals surface area contributed by atoms with Crippen LogP contribution >= 0.6 is 0 Å². The molecule has 0 aliphatic carbocycles. The van der Waals surface area contributed by atoms with Crippen molar-refractivity contribution in [2.24, 2.45) is 0 Å². The quantitative estimate of drug-likeness (QED) is 0.471. The van der Waals surface area contributed by atoms with Crippen molar-refractivity contribution in [2.45, 2.75) is 32.3 Å².